The average Bonchev–Trinajstić information content (AvgIpc) is 2.16. The van der Waals surface area contributed by atoms with Crippen molar-refractivity contribution in [2.24, 2.45) is 5.73 Å². The van der Waals surface area contributed by atoms with E-state index in [9.17, 15) is 4.39 Å². The van der Waals surface area contributed by atoms with Crippen molar-refractivity contribution in [3.63, 3.8) is 0 Å². The zero-order chi connectivity index (χ0) is 12.2. The van der Waals surface area contributed by atoms with Crippen molar-refractivity contribution < 1.29 is 4.39 Å². The third-order valence-electron chi connectivity index (χ3n) is 2.16. The first kappa shape index (κ1) is 13.4. The van der Waals surface area contributed by atoms with Crippen LogP contribution in [-0.4, -0.2) is 18.6 Å². The molecule has 2 nitrogen and oxygen atoms in total. The highest BCUT2D eigenvalue weighted by atomic mass is 35.5. The summed E-state index contributed by atoms with van der Waals surface area (Å²) >= 11 is 5.80. The van der Waals surface area contributed by atoms with Crippen molar-refractivity contribution >= 4 is 11.6 Å². The molecule has 0 aliphatic carbocycles. The molecule has 0 saturated carbocycles. The summed E-state index contributed by atoms with van der Waals surface area (Å²) < 4.78 is 13.3. The van der Waals surface area contributed by atoms with Gasteiger partial charge in [-0.2, -0.15) is 0 Å². The van der Waals surface area contributed by atoms with Gasteiger partial charge >= 0.3 is 0 Å². The maximum Gasteiger partial charge on any atom is 0.126 e. The highest BCUT2D eigenvalue weighted by Gasteiger charge is 2.09. The van der Waals surface area contributed by atoms with Crippen LogP contribution in [0.5, 0.6) is 0 Å². The summed E-state index contributed by atoms with van der Waals surface area (Å²) in [5, 5.41) is 3.75. The molecular weight excluding hydrogens is 227 g/mol. The van der Waals surface area contributed by atoms with E-state index in [0.717, 1.165) is 0 Å². The first-order valence-corrected chi connectivity index (χ1v) is 5.70. The Kier molecular flexibility index (Phi) is 4.71. The van der Waals surface area contributed by atoms with Gasteiger partial charge in [0.2, 0.25) is 0 Å². The summed E-state index contributed by atoms with van der Waals surface area (Å²) in [6, 6.07) is 4.60. The SMILES string of the molecule is CC(C)(N)CNCCc1cc(Cl)ccc1F. The van der Waals surface area contributed by atoms with Crippen molar-refractivity contribution in [1.82, 2.24) is 5.32 Å². The van der Waals surface area contributed by atoms with Gasteiger partial charge < -0.3 is 11.1 Å². The second kappa shape index (κ2) is 5.62. The standard InChI is InChI=1S/C12H18ClFN2/c1-12(2,15)8-16-6-5-9-7-10(13)3-4-11(9)14/h3-4,7,16H,5-6,8,15H2,1-2H3. The van der Waals surface area contributed by atoms with Crippen LogP contribution in [-0.2, 0) is 6.42 Å². The molecule has 0 heterocycles. The zero-order valence-electron chi connectivity index (χ0n) is 9.69. The fourth-order valence-corrected chi connectivity index (χ4v) is 1.56. The van der Waals surface area contributed by atoms with Crippen molar-refractivity contribution in [3.05, 3.63) is 34.6 Å². The Balaban J connectivity index is 2.40. The molecule has 0 radical (unpaired) electrons. The molecule has 0 saturated heterocycles. The Bertz CT molecular complexity index is 347. The molecule has 1 aromatic carbocycles. The molecule has 0 atom stereocenters. The van der Waals surface area contributed by atoms with Gasteiger partial charge in [-0.05, 0) is 50.6 Å². The maximum atomic E-state index is 13.3. The van der Waals surface area contributed by atoms with E-state index in [4.69, 9.17) is 17.3 Å². The van der Waals surface area contributed by atoms with Crippen LogP contribution in [0.25, 0.3) is 0 Å². The zero-order valence-corrected chi connectivity index (χ0v) is 10.4. The lowest BCUT2D eigenvalue weighted by Crippen LogP contribution is -2.43. The number of halogens is 2. The fourth-order valence-electron chi connectivity index (χ4n) is 1.37. The number of hydrogen-bond acceptors (Lipinski definition) is 2. The van der Waals surface area contributed by atoms with Crippen LogP contribution < -0.4 is 11.1 Å². The van der Waals surface area contributed by atoms with Gasteiger partial charge in [0, 0.05) is 17.1 Å². The molecule has 90 valence electrons. The normalized spacial score (nSPS) is 11.8. The predicted octanol–water partition coefficient (Wildman–Crippen LogP) is 2.35. The molecule has 0 aliphatic rings. The minimum atomic E-state index is -0.243. The summed E-state index contributed by atoms with van der Waals surface area (Å²) in [6.07, 6.45) is 0.614. The molecule has 3 N–H and O–H groups in total. The fraction of sp³-hybridized carbons (Fsp3) is 0.500. The second-order valence-electron chi connectivity index (χ2n) is 4.65. The summed E-state index contributed by atoms with van der Waals surface area (Å²) in [4.78, 5) is 0. The van der Waals surface area contributed by atoms with E-state index in [-0.39, 0.29) is 11.4 Å². The summed E-state index contributed by atoms with van der Waals surface area (Å²) in [6.45, 7) is 5.28. The predicted molar refractivity (Wildman–Crippen MR) is 66.3 cm³/mol. The van der Waals surface area contributed by atoms with Crippen LogP contribution in [0.3, 0.4) is 0 Å². The van der Waals surface area contributed by atoms with E-state index in [2.05, 4.69) is 5.32 Å². The summed E-state index contributed by atoms with van der Waals surface area (Å²) in [7, 11) is 0. The van der Waals surface area contributed by atoms with Crippen LogP contribution in [0.1, 0.15) is 19.4 Å². The average molecular weight is 245 g/mol. The first-order valence-electron chi connectivity index (χ1n) is 5.32. The van der Waals surface area contributed by atoms with Crippen LogP contribution in [0.2, 0.25) is 5.02 Å². The Morgan fingerprint density at radius 3 is 2.75 bits per heavy atom. The Hall–Kier alpha value is -0.640. The molecule has 1 aromatic rings. The molecule has 16 heavy (non-hydrogen) atoms. The van der Waals surface area contributed by atoms with Crippen LogP contribution in [0, 0.1) is 5.82 Å². The smallest absolute Gasteiger partial charge is 0.126 e. The topological polar surface area (TPSA) is 38.0 Å². The van der Waals surface area contributed by atoms with E-state index < -0.39 is 0 Å². The van der Waals surface area contributed by atoms with Crippen LogP contribution in [0.15, 0.2) is 18.2 Å². The third-order valence-corrected chi connectivity index (χ3v) is 2.39. The lowest BCUT2D eigenvalue weighted by atomic mass is 10.1. The third kappa shape index (κ3) is 4.92. The first-order chi connectivity index (χ1) is 7.38. The molecular formula is C12H18ClFN2. The quantitative estimate of drug-likeness (QED) is 0.781. The van der Waals surface area contributed by atoms with Gasteiger partial charge in [-0.25, -0.2) is 4.39 Å². The van der Waals surface area contributed by atoms with Gasteiger partial charge in [-0.1, -0.05) is 11.6 Å². The molecule has 0 fully saturated rings. The molecule has 0 aliphatic heterocycles. The summed E-state index contributed by atoms with van der Waals surface area (Å²) in [5.74, 6) is -0.210. The highest BCUT2D eigenvalue weighted by Crippen LogP contribution is 2.14. The van der Waals surface area contributed by atoms with Gasteiger partial charge in [0.15, 0.2) is 0 Å². The Morgan fingerprint density at radius 2 is 2.12 bits per heavy atom. The lowest BCUT2D eigenvalue weighted by molar-refractivity contribution is 0.467. The number of nitrogens with two attached hydrogens (primary N) is 1. The molecule has 0 unspecified atom stereocenters. The minimum Gasteiger partial charge on any atom is -0.324 e. The Morgan fingerprint density at radius 1 is 1.44 bits per heavy atom. The van der Waals surface area contributed by atoms with Crippen molar-refractivity contribution in [1.29, 1.82) is 0 Å². The van der Waals surface area contributed by atoms with Crippen molar-refractivity contribution in [3.8, 4) is 0 Å². The molecule has 1 rings (SSSR count). The number of hydrogen-bond donors (Lipinski definition) is 2. The van der Waals surface area contributed by atoms with E-state index in [1.165, 1.54) is 6.07 Å². The van der Waals surface area contributed by atoms with Crippen molar-refractivity contribution in [2.45, 2.75) is 25.8 Å². The largest absolute Gasteiger partial charge is 0.324 e. The second-order valence-corrected chi connectivity index (χ2v) is 5.09. The van der Waals surface area contributed by atoms with Crippen molar-refractivity contribution in [2.75, 3.05) is 13.1 Å². The van der Waals surface area contributed by atoms with Gasteiger partial charge in [-0.15, -0.1) is 0 Å². The van der Waals surface area contributed by atoms with E-state index in [1.807, 2.05) is 13.8 Å². The number of nitrogens with one attached hydrogen (secondary N) is 1. The van der Waals surface area contributed by atoms with Gasteiger partial charge in [0.05, 0.1) is 0 Å². The van der Waals surface area contributed by atoms with Gasteiger partial charge in [0.1, 0.15) is 5.82 Å². The molecule has 4 heteroatoms. The van der Waals surface area contributed by atoms with Crippen LogP contribution in [0.4, 0.5) is 4.39 Å². The molecule has 0 spiro atoms. The Labute approximate surface area is 101 Å². The molecule has 0 amide bonds. The van der Waals surface area contributed by atoms with Gasteiger partial charge in [0.25, 0.3) is 0 Å². The van der Waals surface area contributed by atoms with Crippen LogP contribution >= 0.6 is 11.6 Å². The molecule has 0 bridgehead atoms. The number of rotatable bonds is 5. The monoisotopic (exact) mass is 244 g/mol. The van der Waals surface area contributed by atoms with Gasteiger partial charge in [-0.3, -0.25) is 0 Å². The maximum absolute atomic E-state index is 13.3. The van der Waals surface area contributed by atoms with E-state index >= 15 is 0 Å². The highest BCUT2D eigenvalue weighted by molar-refractivity contribution is 6.30. The summed E-state index contributed by atoms with van der Waals surface area (Å²) in [5.41, 5.74) is 6.20. The lowest BCUT2D eigenvalue weighted by Gasteiger charge is -2.18. The minimum absolute atomic E-state index is 0.210. The number of benzene rings is 1. The van der Waals surface area contributed by atoms with E-state index in [1.54, 1.807) is 12.1 Å². The van der Waals surface area contributed by atoms with E-state index in [0.29, 0.717) is 30.1 Å². The molecule has 0 aromatic heterocycles.